The molecule has 92 valence electrons. The fraction of sp³-hybridized carbons (Fsp3) is 0.429. The van der Waals surface area contributed by atoms with Crippen LogP contribution < -0.4 is 5.32 Å². The van der Waals surface area contributed by atoms with Gasteiger partial charge in [0.25, 0.3) is 0 Å². The number of fused-ring (bicyclic) bond motifs is 1. The molecule has 0 saturated carbocycles. The highest BCUT2D eigenvalue weighted by atomic mass is 16.5. The number of rotatable bonds is 6. The quantitative estimate of drug-likeness (QED) is 0.833. The molecule has 0 aliphatic heterocycles. The summed E-state index contributed by atoms with van der Waals surface area (Å²) in [7, 11) is 1.74. The molecule has 0 amide bonds. The number of para-hydroxylation sites is 1. The predicted octanol–water partition coefficient (Wildman–Crippen LogP) is 2.80. The molecule has 1 unspecified atom stereocenters. The Morgan fingerprint density at radius 1 is 1.35 bits per heavy atom. The van der Waals surface area contributed by atoms with Gasteiger partial charge in [0.15, 0.2) is 0 Å². The molecule has 1 N–H and O–H groups in total. The number of benzene rings is 1. The fourth-order valence-electron chi connectivity index (χ4n) is 1.97. The summed E-state index contributed by atoms with van der Waals surface area (Å²) in [5, 5.41) is 4.62. The van der Waals surface area contributed by atoms with Crippen molar-refractivity contribution in [1.82, 2.24) is 5.32 Å². The molecule has 1 aromatic carbocycles. The minimum absolute atomic E-state index is 0.526. The van der Waals surface area contributed by atoms with Gasteiger partial charge in [-0.25, -0.2) is 0 Å². The first-order valence-electron chi connectivity index (χ1n) is 5.96. The minimum atomic E-state index is 0.526. The molecule has 0 aliphatic rings. The molecule has 0 saturated heterocycles. The van der Waals surface area contributed by atoms with Gasteiger partial charge in [-0.15, -0.1) is 0 Å². The Morgan fingerprint density at radius 3 is 3.00 bits per heavy atom. The lowest BCUT2D eigenvalue weighted by atomic mass is 10.1. The van der Waals surface area contributed by atoms with Gasteiger partial charge in [0.05, 0.1) is 6.26 Å². The van der Waals surface area contributed by atoms with Gasteiger partial charge in [-0.3, -0.25) is 0 Å². The summed E-state index contributed by atoms with van der Waals surface area (Å²) in [6, 6.07) is 8.11. The number of furan rings is 1. The molecular weight excluding hydrogens is 214 g/mol. The van der Waals surface area contributed by atoms with Crippen molar-refractivity contribution in [3.05, 3.63) is 36.1 Å². The lowest BCUT2D eigenvalue weighted by Gasteiger charge is -2.10. The highest BCUT2D eigenvalue weighted by Crippen LogP contribution is 2.20. The second-order valence-electron chi connectivity index (χ2n) is 4.45. The Kier molecular flexibility index (Phi) is 4.18. The molecule has 1 heterocycles. The van der Waals surface area contributed by atoms with Crippen molar-refractivity contribution in [2.45, 2.75) is 13.5 Å². The molecule has 3 nitrogen and oxygen atoms in total. The van der Waals surface area contributed by atoms with E-state index in [9.17, 15) is 0 Å². The van der Waals surface area contributed by atoms with E-state index in [1.165, 1.54) is 10.9 Å². The maximum atomic E-state index is 5.49. The molecule has 0 bridgehead atoms. The first-order valence-corrected chi connectivity index (χ1v) is 5.96. The van der Waals surface area contributed by atoms with Crippen LogP contribution in [-0.4, -0.2) is 20.3 Å². The Hall–Kier alpha value is -1.32. The van der Waals surface area contributed by atoms with Crippen molar-refractivity contribution in [2.24, 2.45) is 5.92 Å². The third-order valence-electron chi connectivity index (χ3n) is 2.82. The summed E-state index contributed by atoms with van der Waals surface area (Å²) in [4.78, 5) is 0. The molecule has 17 heavy (non-hydrogen) atoms. The Labute approximate surface area is 102 Å². The average molecular weight is 233 g/mol. The van der Waals surface area contributed by atoms with E-state index in [4.69, 9.17) is 9.15 Å². The molecule has 0 radical (unpaired) electrons. The van der Waals surface area contributed by atoms with Gasteiger partial charge in [-0.2, -0.15) is 0 Å². The monoisotopic (exact) mass is 233 g/mol. The highest BCUT2D eigenvalue weighted by molar-refractivity contribution is 5.80. The average Bonchev–Trinajstić information content (AvgIpc) is 2.73. The van der Waals surface area contributed by atoms with E-state index in [0.717, 1.165) is 25.3 Å². The summed E-state index contributed by atoms with van der Waals surface area (Å²) in [5.74, 6) is 0.526. The summed E-state index contributed by atoms with van der Waals surface area (Å²) in [6.07, 6.45) is 1.83. The summed E-state index contributed by atoms with van der Waals surface area (Å²) < 4.78 is 10.6. The van der Waals surface area contributed by atoms with Crippen molar-refractivity contribution in [3.63, 3.8) is 0 Å². The van der Waals surface area contributed by atoms with Crippen LogP contribution in [0.5, 0.6) is 0 Å². The minimum Gasteiger partial charge on any atom is -0.464 e. The van der Waals surface area contributed by atoms with Crippen molar-refractivity contribution in [1.29, 1.82) is 0 Å². The lowest BCUT2D eigenvalue weighted by Crippen LogP contribution is -2.23. The topological polar surface area (TPSA) is 34.4 Å². The fourth-order valence-corrected chi connectivity index (χ4v) is 1.97. The zero-order valence-electron chi connectivity index (χ0n) is 10.4. The first kappa shape index (κ1) is 12.1. The molecule has 1 aromatic heterocycles. The summed E-state index contributed by atoms with van der Waals surface area (Å²) >= 11 is 0. The van der Waals surface area contributed by atoms with Crippen LogP contribution in [0.25, 0.3) is 11.0 Å². The molecule has 2 aromatic rings. The van der Waals surface area contributed by atoms with Gasteiger partial charge in [-0.05, 0) is 12.0 Å². The summed E-state index contributed by atoms with van der Waals surface area (Å²) in [6.45, 7) is 4.75. The molecule has 0 aliphatic carbocycles. The van der Waals surface area contributed by atoms with Crippen LogP contribution in [0.4, 0.5) is 0 Å². The lowest BCUT2D eigenvalue weighted by molar-refractivity contribution is 0.158. The van der Waals surface area contributed by atoms with Crippen molar-refractivity contribution < 1.29 is 9.15 Å². The second-order valence-corrected chi connectivity index (χ2v) is 4.45. The van der Waals surface area contributed by atoms with E-state index in [1.54, 1.807) is 7.11 Å². The number of hydrogen-bond donors (Lipinski definition) is 1. The van der Waals surface area contributed by atoms with Gasteiger partial charge in [-0.1, -0.05) is 25.1 Å². The van der Waals surface area contributed by atoms with E-state index in [1.807, 2.05) is 24.5 Å². The first-order chi connectivity index (χ1) is 8.31. The van der Waals surface area contributed by atoms with Crippen LogP contribution >= 0.6 is 0 Å². The predicted molar refractivity (Wildman–Crippen MR) is 69.0 cm³/mol. The van der Waals surface area contributed by atoms with Crippen LogP contribution in [-0.2, 0) is 11.3 Å². The Balaban J connectivity index is 1.91. The number of ether oxygens (including phenoxy) is 1. The van der Waals surface area contributed by atoms with E-state index < -0.39 is 0 Å². The molecule has 0 fully saturated rings. The smallest absolute Gasteiger partial charge is 0.134 e. The molecule has 2 rings (SSSR count). The van der Waals surface area contributed by atoms with Gasteiger partial charge in [0, 0.05) is 37.8 Å². The number of nitrogens with one attached hydrogen (secondary N) is 1. The van der Waals surface area contributed by atoms with Crippen LogP contribution in [0.2, 0.25) is 0 Å². The zero-order valence-corrected chi connectivity index (χ0v) is 10.4. The van der Waals surface area contributed by atoms with Gasteiger partial charge in [0.1, 0.15) is 5.58 Å². The van der Waals surface area contributed by atoms with Crippen molar-refractivity contribution in [3.8, 4) is 0 Å². The maximum absolute atomic E-state index is 5.49. The molecule has 0 spiro atoms. The van der Waals surface area contributed by atoms with Gasteiger partial charge in [0.2, 0.25) is 0 Å². The Morgan fingerprint density at radius 2 is 2.18 bits per heavy atom. The third-order valence-corrected chi connectivity index (χ3v) is 2.82. The van der Waals surface area contributed by atoms with Crippen molar-refractivity contribution in [2.75, 3.05) is 20.3 Å². The third kappa shape index (κ3) is 3.08. The van der Waals surface area contributed by atoms with Crippen LogP contribution in [0, 0.1) is 5.92 Å². The number of methoxy groups -OCH3 is 1. The highest BCUT2D eigenvalue weighted by Gasteiger charge is 2.05. The van der Waals surface area contributed by atoms with Gasteiger partial charge >= 0.3 is 0 Å². The normalized spacial score (nSPS) is 13.1. The SMILES string of the molecule is COCC(C)CNCc1coc2ccccc12. The second kappa shape index (κ2) is 5.84. The van der Waals surface area contributed by atoms with Crippen LogP contribution in [0.1, 0.15) is 12.5 Å². The van der Waals surface area contributed by atoms with E-state index >= 15 is 0 Å². The number of hydrogen-bond acceptors (Lipinski definition) is 3. The molecule has 1 atom stereocenters. The molecule has 3 heteroatoms. The van der Waals surface area contributed by atoms with E-state index in [2.05, 4.69) is 18.3 Å². The maximum Gasteiger partial charge on any atom is 0.134 e. The van der Waals surface area contributed by atoms with E-state index in [-0.39, 0.29) is 0 Å². The van der Waals surface area contributed by atoms with Crippen molar-refractivity contribution >= 4 is 11.0 Å². The van der Waals surface area contributed by atoms with Crippen LogP contribution in [0.3, 0.4) is 0 Å². The van der Waals surface area contributed by atoms with Crippen LogP contribution in [0.15, 0.2) is 34.9 Å². The summed E-state index contributed by atoms with van der Waals surface area (Å²) in [5.41, 5.74) is 2.17. The molecular formula is C14H19NO2. The zero-order chi connectivity index (χ0) is 12.1. The Bertz CT molecular complexity index is 464. The van der Waals surface area contributed by atoms with E-state index in [0.29, 0.717) is 5.92 Å². The van der Waals surface area contributed by atoms with Gasteiger partial charge < -0.3 is 14.5 Å². The standard InChI is InChI=1S/C14H19NO2/c1-11(9-16-2)7-15-8-12-10-17-14-6-4-3-5-13(12)14/h3-6,10-11,15H,7-9H2,1-2H3. The largest absolute Gasteiger partial charge is 0.464 e.